The van der Waals surface area contributed by atoms with Gasteiger partial charge in [-0.05, 0) is 73.8 Å². The van der Waals surface area contributed by atoms with Gasteiger partial charge in [0, 0.05) is 29.1 Å². The van der Waals surface area contributed by atoms with E-state index >= 15 is 0 Å². The first-order valence-corrected chi connectivity index (χ1v) is 17.0. The molecule has 0 aliphatic heterocycles. The monoisotopic (exact) mass is 619 g/mol. The van der Waals surface area contributed by atoms with Crippen LogP contribution in [-0.4, -0.2) is 13.1 Å². The van der Waals surface area contributed by atoms with Gasteiger partial charge in [0.25, 0.3) is 0 Å². The molecule has 1 aromatic heterocycles. The molecule has 6 aromatic carbocycles. The highest BCUT2D eigenvalue weighted by atomic mass is 28.3. The molecular formula is C41H28F3NSi. The molecule has 0 radical (unpaired) electrons. The normalized spacial score (nSPS) is 11.4. The molecule has 0 unspecified atom stereocenters. The summed E-state index contributed by atoms with van der Waals surface area (Å²) in [6, 6.07) is 48.4. The summed E-state index contributed by atoms with van der Waals surface area (Å²) in [6.45, 7) is 0. The van der Waals surface area contributed by atoms with Crippen LogP contribution >= 0.6 is 0 Å². The van der Waals surface area contributed by atoms with Crippen LogP contribution in [0.5, 0.6) is 0 Å². The number of pyridine rings is 1. The van der Waals surface area contributed by atoms with Crippen molar-refractivity contribution in [1.29, 1.82) is 0 Å². The van der Waals surface area contributed by atoms with Gasteiger partial charge in [-0.1, -0.05) is 121 Å². The van der Waals surface area contributed by atoms with Crippen LogP contribution in [0.3, 0.4) is 0 Å². The van der Waals surface area contributed by atoms with Crippen molar-refractivity contribution in [2.45, 2.75) is 0 Å². The van der Waals surface area contributed by atoms with E-state index in [0.29, 0.717) is 0 Å². The van der Waals surface area contributed by atoms with E-state index in [0.717, 1.165) is 54.1 Å². The first-order chi connectivity index (χ1) is 22.5. The maximum atomic E-state index is 14.3. The number of aromatic nitrogens is 1. The van der Waals surface area contributed by atoms with Crippen molar-refractivity contribution in [2.24, 2.45) is 0 Å². The molecule has 7 aromatic rings. The van der Waals surface area contributed by atoms with Crippen LogP contribution in [0.25, 0.3) is 33.4 Å². The minimum absolute atomic E-state index is 0.347. The summed E-state index contributed by atoms with van der Waals surface area (Å²) < 4.78 is 42.9. The van der Waals surface area contributed by atoms with Gasteiger partial charge in [-0.3, -0.25) is 4.98 Å². The molecule has 1 heterocycles. The SMILES string of the molecule is Fc1ccc([Si](c2ccc(F)cc2)(c2ccc(F)cc2)c2ccc(-c3c(-c4ccccc4)cncc3-c3ccccc3)cc2)cc1. The summed E-state index contributed by atoms with van der Waals surface area (Å²) in [5.74, 6) is -1.04. The lowest BCUT2D eigenvalue weighted by Crippen LogP contribution is -2.74. The van der Waals surface area contributed by atoms with E-state index in [9.17, 15) is 13.2 Å². The summed E-state index contributed by atoms with van der Waals surface area (Å²) in [5, 5.41) is 3.70. The Kier molecular flexibility index (Phi) is 7.91. The van der Waals surface area contributed by atoms with Gasteiger partial charge in [-0.15, -0.1) is 0 Å². The van der Waals surface area contributed by atoms with Gasteiger partial charge in [0.2, 0.25) is 0 Å². The molecule has 5 heteroatoms. The molecule has 0 fully saturated rings. The van der Waals surface area contributed by atoms with Crippen LogP contribution in [0.2, 0.25) is 0 Å². The molecule has 222 valence electrons. The van der Waals surface area contributed by atoms with Crippen molar-refractivity contribution in [3.63, 3.8) is 0 Å². The second-order valence-electron chi connectivity index (χ2n) is 11.2. The van der Waals surface area contributed by atoms with E-state index in [2.05, 4.69) is 53.5 Å². The molecule has 0 N–H and O–H groups in total. The first-order valence-electron chi connectivity index (χ1n) is 15.0. The van der Waals surface area contributed by atoms with Crippen LogP contribution in [0.4, 0.5) is 13.2 Å². The lowest BCUT2D eigenvalue weighted by Gasteiger charge is -2.34. The standard InChI is InChI=1S/C41H28F3NSi/c42-32-13-21-36(22-14-32)46(37-23-15-33(43)16-24-37,38-25-17-34(44)18-26-38)35-19-11-31(12-20-35)41-39(29-7-3-1-4-8-29)27-45-28-40(41)30-9-5-2-6-10-30/h1-28H. The fourth-order valence-electron chi connectivity index (χ4n) is 6.43. The van der Waals surface area contributed by atoms with Crippen molar-refractivity contribution in [3.8, 4) is 33.4 Å². The van der Waals surface area contributed by atoms with Gasteiger partial charge >= 0.3 is 0 Å². The fraction of sp³-hybridized carbons (Fsp3) is 0. The topological polar surface area (TPSA) is 12.9 Å². The van der Waals surface area contributed by atoms with Crippen molar-refractivity contribution < 1.29 is 13.2 Å². The minimum atomic E-state index is -3.16. The summed E-state index contributed by atoms with van der Waals surface area (Å²) in [7, 11) is -3.16. The van der Waals surface area contributed by atoms with Crippen LogP contribution in [0.1, 0.15) is 0 Å². The van der Waals surface area contributed by atoms with E-state index in [1.807, 2.05) is 48.8 Å². The number of nitrogens with zero attached hydrogens (tertiary/aromatic N) is 1. The largest absolute Gasteiger partial charge is 0.263 e. The molecule has 0 amide bonds. The van der Waals surface area contributed by atoms with Gasteiger partial charge in [0.15, 0.2) is 8.07 Å². The fourth-order valence-corrected chi connectivity index (χ4v) is 11.1. The lowest BCUT2D eigenvalue weighted by molar-refractivity contribution is 0.628. The maximum absolute atomic E-state index is 14.3. The maximum Gasteiger partial charge on any atom is 0.179 e. The Balaban J connectivity index is 1.48. The third-order valence-electron chi connectivity index (χ3n) is 8.55. The predicted octanol–water partition coefficient (Wildman–Crippen LogP) is 7.88. The number of hydrogen-bond acceptors (Lipinski definition) is 1. The molecule has 46 heavy (non-hydrogen) atoms. The van der Waals surface area contributed by atoms with Crippen LogP contribution in [0.15, 0.2) is 170 Å². The zero-order valence-corrected chi connectivity index (χ0v) is 25.7. The molecule has 7 rings (SSSR count). The Morgan fingerprint density at radius 2 is 0.674 bits per heavy atom. The Labute approximate surface area is 267 Å². The van der Waals surface area contributed by atoms with Crippen LogP contribution < -0.4 is 20.7 Å². The second-order valence-corrected chi connectivity index (χ2v) is 15.0. The van der Waals surface area contributed by atoms with Gasteiger partial charge in [-0.25, -0.2) is 13.2 Å². The van der Waals surface area contributed by atoms with E-state index in [-0.39, 0.29) is 17.5 Å². The second kappa shape index (κ2) is 12.5. The molecule has 0 spiro atoms. The predicted molar refractivity (Wildman–Crippen MR) is 184 cm³/mol. The highest BCUT2D eigenvalue weighted by Crippen LogP contribution is 2.39. The molecule has 0 aliphatic carbocycles. The van der Waals surface area contributed by atoms with Crippen LogP contribution in [-0.2, 0) is 0 Å². The minimum Gasteiger partial charge on any atom is -0.263 e. The summed E-state index contributed by atoms with van der Waals surface area (Å²) in [6.07, 6.45) is 3.80. The quantitative estimate of drug-likeness (QED) is 0.131. The highest BCUT2D eigenvalue weighted by Gasteiger charge is 2.41. The lowest BCUT2D eigenvalue weighted by atomic mass is 9.90. The highest BCUT2D eigenvalue weighted by molar-refractivity contribution is 7.19. The number of benzene rings is 6. The van der Waals surface area contributed by atoms with Gasteiger partial charge < -0.3 is 0 Å². The third kappa shape index (κ3) is 5.35. The zero-order valence-electron chi connectivity index (χ0n) is 24.7. The summed E-state index contributed by atoms with van der Waals surface area (Å²) in [5.41, 5.74) is 6.18. The Morgan fingerprint density at radius 3 is 1.02 bits per heavy atom. The molecular weight excluding hydrogens is 592 g/mol. The number of hydrogen-bond donors (Lipinski definition) is 0. The average Bonchev–Trinajstić information content (AvgIpc) is 3.11. The zero-order chi connectivity index (χ0) is 31.5. The Bertz CT molecular complexity index is 1910. The molecule has 0 saturated carbocycles. The Hall–Kier alpha value is -5.52. The van der Waals surface area contributed by atoms with Crippen molar-refractivity contribution in [1.82, 2.24) is 4.98 Å². The van der Waals surface area contributed by atoms with E-state index in [1.165, 1.54) is 36.4 Å². The molecule has 0 atom stereocenters. The van der Waals surface area contributed by atoms with Gasteiger partial charge in [-0.2, -0.15) is 0 Å². The molecule has 0 bridgehead atoms. The van der Waals surface area contributed by atoms with Crippen LogP contribution in [0, 0.1) is 17.5 Å². The third-order valence-corrected chi connectivity index (χ3v) is 13.4. The van der Waals surface area contributed by atoms with Crippen molar-refractivity contribution in [2.75, 3.05) is 0 Å². The summed E-state index contributed by atoms with van der Waals surface area (Å²) >= 11 is 0. The van der Waals surface area contributed by atoms with E-state index in [4.69, 9.17) is 0 Å². The average molecular weight is 620 g/mol. The van der Waals surface area contributed by atoms with Gasteiger partial charge in [0.1, 0.15) is 17.5 Å². The number of rotatable bonds is 7. The first kappa shape index (κ1) is 29.2. The van der Waals surface area contributed by atoms with E-state index in [1.54, 1.807) is 36.4 Å². The smallest absolute Gasteiger partial charge is 0.179 e. The van der Waals surface area contributed by atoms with E-state index < -0.39 is 8.07 Å². The van der Waals surface area contributed by atoms with Gasteiger partial charge in [0.05, 0.1) is 0 Å². The molecule has 0 saturated heterocycles. The number of halogens is 3. The molecule has 1 nitrogen and oxygen atoms in total. The summed E-state index contributed by atoms with van der Waals surface area (Å²) in [4.78, 5) is 4.64. The van der Waals surface area contributed by atoms with Crippen molar-refractivity contribution in [3.05, 3.63) is 188 Å². The Morgan fingerprint density at radius 1 is 0.348 bits per heavy atom. The van der Waals surface area contributed by atoms with Crippen molar-refractivity contribution >= 4 is 28.8 Å². The molecule has 0 aliphatic rings.